The first-order valence-electron chi connectivity index (χ1n) is 6.44. The standard InChI is InChI=1S/C16H17NO3/c18-15-9-5-4-8-13(15)14(10-16(19)20)17-11-12-6-2-1-3-7-12/h1-9,14,17-18H,10-11H2,(H,19,20)/t14-/m1/s1. The molecule has 0 bridgehead atoms. The lowest BCUT2D eigenvalue weighted by Gasteiger charge is -2.18. The number of hydrogen-bond acceptors (Lipinski definition) is 3. The molecule has 0 aliphatic heterocycles. The monoisotopic (exact) mass is 271 g/mol. The molecule has 4 nitrogen and oxygen atoms in total. The second-order valence-corrected chi connectivity index (χ2v) is 4.58. The van der Waals surface area contributed by atoms with Crippen LogP contribution in [-0.2, 0) is 11.3 Å². The van der Waals surface area contributed by atoms with Crippen molar-refractivity contribution >= 4 is 5.97 Å². The zero-order valence-corrected chi connectivity index (χ0v) is 11.0. The fourth-order valence-corrected chi connectivity index (χ4v) is 2.09. The van der Waals surface area contributed by atoms with E-state index in [9.17, 15) is 9.90 Å². The number of para-hydroxylation sites is 1. The third-order valence-electron chi connectivity index (χ3n) is 3.09. The summed E-state index contributed by atoms with van der Waals surface area (Å²) in [5, 5.41) is 22.1. The number of phenolic OH excluding ortho intramolecular Hbond substituents is 1. The summed E-state index contributed by atoms with van der Waals surface area (Å²) in [5.74, 6) is -0.793. The van der Waals surface area contributed by atoms with E-state index in [0.29, 0.717) is 12.1 Å². The van der Waals surface area contributed by atoms with Gasteiger partial charge >= 0.3 is 5.97 Å². The van der Waals surface area contributed by atoms with E-state index in [0.717, 1.165) is 5.56 Å². The van der Waals surface area contributed by atoms with Crippen LogP contribution in [0.4, 0.5) is 0 Å². The molecule has 3 N–H and O–H groups in total. The van der Waals surface area contributed by atoms with Crippen LogP contribution in [0.25, 0.3) is 0 Å². The lowest BCUT2D eigenvalue weighted by molar-refractivity contribution is -0.137. The van der Waals surface area contributed by atoms with E-state index in [-0.39, 0.29) is 12.2 Å². The molecule has 0 saturated heterocycles. The summed E-state index contributed by atoms with van der Waals surface area (Å²) in [6.07, 6.45) is -0.0790. The van der Waals surface area contributed by atoms with E-state index in [4.69, 9.17) is 5.11 Å². The fourth-order valence-electron chi connectivity index (χ4n) is 2.09. The molecule has 0 fully saturated rings. The maximum absolute atomic E-state index is 11.0. The van der Waals surface area contributed by atoms with Crippen LogP contribution in [0.5, 0.6) is 5.75 Å². The van der Waals surface area contributed by atoms with Gasteiger partial charge in [-0.2, -0.15) is 0 Å². The maximum atomic E-state index is 11.0. The van der Waals surface area contributed by atoms with Crippen molar-refractivity contribution in [1.29, 1.82) is 0 Å². The molecular weight excluding hydrogens is 254 g/mol. The Morgan fingerprint density at radius 1 is 1.05 bits per heavy atom. The van der Waals surface area contributed by atoms with E-state index >= 15 is 0 Å². The van der Waals surface area contributed by atoms with Gasteiger partial charge in [0.15, 0.2) is 0 Å². The van der Waals surface area contributed by atoms with Gasteiger partial charge in [-0.25, -0.2) is 0 Å². The van der Waals surface area contributed by atoms with Crippen LogP contribution in [0.3, 0.4) is 0 Å². The number of rotatable bonds is 6. The van der Waals surface area contributed by atoms with Crippen molar-refractivity contribution in [2.45, 2.75) is 19.0 Å². The van der Waals surface area contributed by atoms with Crippen LogP contribution < -0.4 is 5.32 Å². The second kappa shape index (κ2) is 6.73. The molecule has 0 aliphatic rings. The molecule has 104 valence electrons. The summed E-state index contributed by atoms with van der Waals surface area (Å²) in [6, 6.07) is 16.1. The number of nitrogens with one attached hydrogen (secondary N) is 1. The number of carboxylic acid groups (broad SMARTS) is 1. The molecule has 20 heavy (non-hydrogen) atoms. The normalized spacial score (nSPS) is 12.0. The Labute approximate surface area is 117 Å². The van der Waals surface area contributed by atoms with Crippen LogP contribution in [0.1, 0.15) is 23.6 Å². The van der Waals surface area contributed by atoms with E-state index in [2.05, 4.69) is 5.32 Å². The van der Waals surface area contributed by atoms with Gasteiger partial charge in [-0.1, -0.05) is 48.5 Å². The number of phenols is 1. The third-order valence-corrected chi connectivity index (χ3v) is 3.09. The van der Waals surface area contributed by atoms with E-state index < -0.39 is 12.0 Å². The molecular formula is C16H17NO3. The maximum Gasteiger partial charge on any atom is 0.305 e. The Morgan fingerprint density at radius 3 is 2.35 bits per heavy atom. The highest BCUT2D eigenvalue weighted by Gasteiger charge is 2.17. The molecule has 0 unspecified atom stereocenters. The van der Waals surface area contributed by atoms with E-state index in [1.807, 2.05) is 30.3 Å². The van der Waals surface area contributed by atoms with Crippen molar-refractivity contribution in [3.05, 3.63) is 65.7 Å². The molecule has 2 aromatic rings. The first-order chi connectivity index (χ1) is 9.66. The molecule has 0 spiro atoms. The number of hydrogen-bond donors (Lipinski definition) is 3. The van der Waals surface area contributed by atoms with Crippen molar-refractivity contribution in [2.75, 3.05) is 0 Å². The minimum Gasteiger partial charge on any atom is -0.508 e. The van der Waals surface area contributed by atoms with Crippen molar-refractivity contribution in [3.63, 3.8) is 0 Å². The molecule has 2 aromatic carbocycles. The topological polar surface area (TPSA) is 69.6 Å². The number of carbonyl (C=O) groups is 1. The van der Waals surface area contributed by atoms with E-state index in [1.165, 1.54) is 0 Å². The molecule has 0 radical (unpaired) electrons. The smallest absolute Gasteiger partial charge is 0.305 e. The largest absolute Gasteiger partial charge is 0.508 e. The van der Waals surface area contributed by atoms with Gasteiger partial charge in [0.05, 0.1) is 6.42 Å². The Balaban J connectivity index is 2.12. The summed E-state index contributed by atoms with van der Waals surface area (Å²) in [5.41, 5.74) is 1.67. The van der Waals surface area contributed by atoms with Crippen molar-refractivity contribution in [2.24, 2.45) is 0 Å². The van der Waals surface area contributed by atoms with Crippen molar-refractivity contribution in [1.82, 2.24) is 5.32 Å². The summed E-state index contributed by atoms with van der Waals surface area (Å²) < 4.78 is 0. The van der Waals surface area contributed by atoms with Gasteiger partial charge in [-0.15, -0.1) is 0 Å². The van der Waals surface area contributed by atoms with Crippen LogP contribution in [0.2, 0.25) is 0 Å². The molecule has 0 aliphatic carbocycles. The highest BCUT2D eigenvalue weighted by atomic mass is 16.4. The molecule has 1 atom stereocenters. The average molecular weight is 271 g/mol. The highest BCUT2D eigenvalue weighted by molar-refractivity contribution is 5.68. The summed E-state index contributed by atoms with van der Waals surface area (Å²) in [4.78, 5) is 11.0. The quantitative estimate of drug-likeness (QED) is 0.755. The first kappa shape index (κ1) is 14.1. The van der Waals surface area contributed by atoms with Gasteiger partial charge in [0.25, 0.3) is 0 Å². The zero-order chi connectivity index (χ0) is 14.4. The predicted molar refractivity (Wildman–Crippen MR) is 76.4 cm³/mol. The first-order valence-corrected chi connectivity index (χ1v) is 6.44. The minimum absolute atomic E-state index is 0.0790. The number of aliphatic carboxylic acids is 1. The highest BCUT2D eigenvalue weighted by Crippen LogP contribution is 2.26. The third kappa shape index (κ3) is 3.83. The second-order valence-electron chi connectivity index (χ2n) is 4.58. The Morgan fingerprint density at radius 2 is 1.70 bits per heavy atom. The lowest BCUT2D eigenvalue weighted by atomic mass is 10.0. The SMILES string of the molecule is O=C(O)C[C@@H](NCc1ccccc1)c1ccccc1O. The molecule has 0 saturated carbocycles. The number of benzene rings is 2. The Kier molecular flexibility index (Phi) is 4.74. The average Bonchev–Trinajstić information content (AvgIpc) is 2.45. The zero-order valence-electron chi connectivity index (χ0n) is 11.0. The van der Waals surface area contributed by atoms with Gasteiger partial charge in [-0.05, 0) is 11.6 Å². The van der Waals surface area contributed by atoms with Gasteiger partial charge in [0, 0.05) is 18.2 Å². The van der Waals surface area contributed by atoms with Crippen LogP contribution in [-0.4, -0.2) is 16.2 Å². The molecule has 0 heterocycles. The molecule has 2 rings (SSSR count). The summed E-state index contributed by atoms with van der Waals surface area (Å²) in [6.45, 7) is 0.549. The number of aromatic hydroxyl groups is 1. The molecule has 0 aromatic heterocycles. The minimum atomic E-state index is -0.904. The van der Waals surface area contributed by atoms with Gasteiger partial charge in [0.1, 0.15) is 5.75 Å². The van der Waals surface area contributed by atoms with Crippen LogP contribution in [0, 0.1) is 0 Å². The lowest BCUT2D eigenvalue weighted by Crippen LogP contribution is -2.23. The van der Waals surface area contributed by atoms with Crippen LogP contribution in [0.15, 0.2) is 54.6 Å². The van der Waals surface area contributed by atoms with Gasteiger partial charge < -0.3 is 15.5 Å². The van der Waals surface area contributed by atoms with Gasteiger partial charge in [-0.3, -0.25) is 4.79 Å². The summed E-state index contributed by atoms with van der Waals surface area (Å²) >= 11 is 0. The van der Waals surface area contributed by atoms with Gasteiger partial charge in [0.2, 0.25) is 0 Å². The molecule has 4 heteroatoms. The Hall–Kier alpha value is -2.33. The van der Waals surface area contributed by atoms with Crippen LogP contribution >= 0.6 is 0 Å². The summed E-state index contributed by atoms with van der Waals surface area (Å²) in [7, 11) is 0. The number of carboxylic acids is 1. The molecule has 0 amide bonds. The predicted octanol–water partition coefficient (Wildman–Crippen LogP) is 2.70. The van der Waals surface area contributed by atoms with E-state index in [1.54, 1.807) is 24.3 Å². The van der Waals surface area contributed by atoms with Crippen molar-refractivity contribution in [3.8, 4) is 5.75 Å². The Bertz CT molecular complexity index is 569. The fraction of sp³-hybridized carbons (Fsp3) is 0.188. The van der Waals surface area contributed by atoms with Crippen molar-refractivity contribution < 1.29 is 15.0 Å².